The molecule has 0 aromatic heterocycles. The van der Waals surface area contributed by atoms with Crippen LogP contribution in [0.25, 0.3) is 0 Å². The van der Waals surface area contributed by atoms with Gasteiger partial charge in [0.05, 0.1) is 6.61 Å². The summed E-state index contributed by atoms with van der Waals surface area (Å²) in [4.78, 5) is 10.3. The molecule has 0 aromatic rings. The van der Waals surface area contributed by atoms with Gasteiger partial charge in [-0.3, -0.25) is 0 Å². The van der Waals surface area contributed by atoms with E-state index in [0.29, 0.717) is 0 Å². The summed E-state index contributed by atoms with van der Waals surface area (Å²) in [5, 5.41) is 2.91. The summed E-state index contributed by atoms with van der Waals surface area (Å²) in [5.41, 5.74) is 4.89. The van der Waals surface area contributed by atoms with E-state index in [4.69, 9.17) is 5.73 Å². The first-order valence-corrected chi connectivity index (χ1v) is 2.75. The number of rotatable bonds is 1. The molecule has 9 heavy (non-hydrogen) atoms. The van der Waals surface area contributed by atoms with Crippen LogP contribution in [0.5, 0.6) is 0 Å². The third-order valence-corrected chi connectivity index (χ3v) is 0.561. The average Bonchev–Trinajstić information content (AvgIpc) is 1.63. The standard InChI is InChI=1S/C4H7N2O2S/c1-2-8-4(7)6-3(5)9/h2H2,1H3,(H2,5,9). The van der Waals surface area contributed by atoms with Crippen molar-refractivity contribution in [2.24, 2.45) is 5.73 Å². The van der Waals surface area contributed by atoms with Crippen molar-refractivity contribution < 1.29 is 9.53 Å². The van der Waals surface area contributed by atoms with Crippen LogP contribution in [0.2, 0.25) is 0 Å². The maximum atomic E-state index is 10.3. The highest BCUT2D eigenvalue weighted by atomic mass is 32.1. The number of ether oxygens (including phenoxy) is 1. The molecule has 0 fully saturated rings. The Morgan fingerprint density at radius 2 is 2.44 bits per heavy atom. The van der Waals surface area contributed by atoms with Gasteiger partial charge in [-0.2, -0.15) is 0 Å². The molecule has 0 unspecified atom stereocenters. The van der Waals surface area contributed by atoms with E-state index in [1.165, 1.54) is 0 Å². The summed E-state index contributed by atoms with van der Waals surface area (Å²) in [6.45, 7) is 1.96. The van der Waals surface area contributed by atoms with Crippen molar-refractivity contribution >= 4 is 23.4 Å². The van der Waals surface area contributed by atoms with Gasteiger partial charge in [0.1, 0.15) is 0 Å². The maximum Gasteiger partial charge on any atom is 0.436 e. The molecule has 0 heterocycles. The number of thiocarbonyl (C=S) groups is 1. The molecule has 0 aliphatic heterocycles. The molecule has 1 radical (unpaired) electrons. The van der Waals surface area contributed by atoms with Crippen molar-refractivity contribution in [1.82, 2.24) is 5.32 Å². The van der Waals surface area contributed by atoms with Crippen molar-refractivity contribution in [2.45, 2.75) is 6.92 Å². The Morgan fingerprint density at radius 3 is 2.78 bits per heavy atom. The maximum absolute atomic E-state index is 10.3. The van der Waals surface area contributed by atoms with Gasteiger partial charge in [-0.05, 0) is 19.1 Å². The van der Waals surface area contributed by atoms with Crippen molar-refractivity contribution in [2.75, 3.05) is 6.61 Å². The van der Waals surface area contributed by atoms with Crippen LogP contribution < -0.4 is 11.1 Å². The van der Waals surface area contributed by atoms with Crippen LogP contribution in [-0.4, -0.2) is 17.8 Å². The minimum atomic E-state index is -0.731. The SMILES string of the molecule is CCOC(=O)[N]C(N)=S. The molecule has 1 amide bonds. The summed E-state index contributed by atoms with van der Waals surface area (Å²) in [6.07, 6.45) is -0.731. The molecule has 0 atom stereocenters. The van der Waals surface area contributed by atoms with E-state index >= 15 is 0 Å². The highest BCUT2D eigenvalue weighted by Gasteiger charge is 2.01. The van der Waals surface area contributed by atoms with E-state index < -0.39 is 6.09 Å². The Labute approximate surface area is 58.4 Å². The van der Waals surface area contributed by atoms with Gasteiger partial charge >= 0.3 is 6.09 Å². The summed E-state index contributed by atoms with van der Waals surface area (Å²) in [6, 6.07) is 0. The molecule has 0 rings (SSSR count). The number of nitrogens with two attached hydrogens (primary N) is 1. The molecule has 0 spiro atoms. The van der Waals surface area contributed by atoms with Crippen molar-refractivity contribution in [3.8, 4) is 0 Å². The largest absolute Gasteiger partial charge is 0.448 e. The zero-order chi connectivity index (χ0) is 7.28. The summed E-state index contributed by atoms with van der Waals surface area (Å²) in [5.74, 6) is 0. The zero-order valence-electron chi connectivity index (χ0n) is 4.96. The second kappa shape index (κ2) is 4.08. The first-order valence-electron chi connectivity index (χ1n) is 2.34. The molecule has 2 N–H and O–H groups in total. The Hall–Kier alpha value is -0.840. The predicted octanol–water partition coefficient (Wildman–Crippen LogP) is -0.00910. The van der Waals surface area contributed by atoms with Crippen LogP contribution in [0.3, 0.4) is 0 Å². The van der Waals surface area contributed by atoms with E-state index in [1.54, 1.807) is 6.92 Å². The normalized spacial score (nSPS) is 8.11. The number of amides is 1. The van der Waals surface area contributed by atoms with E-state index in [0.717, 1.165) is 0 Å². The first kappa shape index (κ1) is 8.16. The third-order valence-electron chi connectivity index (χ3n) is 0.469. The van der Waals surface area contributed by atoms with Gasteiger partial charge in [-0.25, -0.2) is 4.79 Å². The Kier molecular flexibility index (Phi) is 3.70. The lowest BCUT2D eigenvalue weighted by Gasteiger charge is -1.97. The van der Waals surface area contributed by atoms with Crippen LogP contribution in [-0.2, 0) is 4.74 Å². The summed E-state index contributed by atoms with van der Waals surface area (Å²) in [7, 11) is 0. The Balaban J connectivity index is 3.39. The van der Waals surface area contributed by atoms with Gasteiger partial charge in [-0.1, -0.05) is 0 Å². The molecule has 51 valence electrons. The second-order valence-electron chi connectivity index (χ2n) is 1.15. The molecular weight excluding hydrogens is 140 g/mol. The van der Waals surface area contributed by atoms with Crippen LogP contribution in [0, 0.1) is 0 Å². The molecule has 0 bridgehead atoms. The lowest BCUT2D eigenvalue weighted by molar-refractivity contribution is 0.157. The molecule has 0 saturated carbocycles. The van der Waals surface area contributed by atoms with Gasteiger partial charge < -0.3 is 10.5 Å². The Bertz CT molecular complexity index is 126. The number of hydrogen-bond donors (Lipinski definition) is 1. The molecule has 5 heteroatoms. The van der Waals surface area contributed by atoms with Crippen molar-refractivity contribution in [3.05, 3.63) is 0 Å². The highest BCUT2D eigenvalue weighted by Crippen LogP contribution is 1.76. The minimum absolute atomic E-state index is 0.201. The second-order valence-corrected chi connectivity index (χ2v) is 1.57. The molecule has 0 aliphatic rings. The molecule has 0 aromatic carbocycles. The van der Waals surface area contributed by atoms with Crippen LogP contribution in [0.4, 0.5) is 4.79 Å². The molecule has 0 saturated heterocycles. The van der Waals surface area contributed by atoms with E-state index in [-0.39, 0.29) is 11.7 Å². The number of hydrogen-bond acceptors (Lipinski definition) is 3. The van der Waals surface area contributed by atoms with Crippen LogP contribution in [0.15, 0.2) is 0 Å². The topological polar surface area (TPSA) is 66.4 Å². The van der Waals surface area contributed by atoms with Gasteiger partial charge in [0.15, 0.2) is 5.11 Å². The van der Waals surface area contributed by atoms with Crippen LogP contribution >= 0.6 is 12.2 Å². The third kappa shape index (κ3) is 5.02. The average molecular weight is 147 g/mol. The number of carbonyl (C=O) groups is 1. The van der Waals surface area contributed by atoms with Gasteiger partial charge in [0, 0.05) is 0 Å². The van der Waals surface area contributed by atoms with E-state index in [1.807, 2.05) is 0 Å². The molecule has 0 aliphatic carbocycles. The van der Waals surface area contributed by atoms with Crippen LogP contribution in [0.1, 0.15) is 6.92 Å². The number of carbonyl (C=O) groups excluding carboxylic acids is 1. The first-order chi connectivity index (χ1) is 4.16. The zero-order valence-corrected chi connectivity index (χ0v) is 5.77. The highest BCUT2D eigenvalue weighted by molar-refractivity contribution is 7.80. The lowest BCUT2D eigenvalue weighted by atomic mass is 10.8. The quantitative estimate of drug-likeness (QED) is 0.530. The van der Waals surface area contributed by atoms with Crippen molar-refractivity contribution in [3.63, 3.8) is 0 Å². The lowest BCUT2D eigenvalue weighted by Crippen LogP contribution is -2.28. The molecule has 4 nitrogen and oxygen atoms in total. The predicted molar refractivity (Wildman–Crippen MR) is 35.9 cm³/mol. The minimum Gasteiger partial charge on any atom is -0.448 e. The summed E-state index contributed by atoms with van der Waals surface area (Å²) < 4.78 is 4.38. The van der Waals surface area contributed by atoms with E-state index in [9.17, 15) is 4.79 Å². The Morgan fingerprint density at radius 1 is 1.89 bits per heavy atom. The van der Waals surface area contributed by atoms with E-state index in [2.05, 4.69) is 22.3 Å². The number of nitrogens with zero attached hydrogens (tertiary/aromatic N) is 1. The van der Waals surface area contributed by atoms with Gasteiger partial charge in [-0.15, -0.1) is 5.32 Å². The fourth-order valence-corrected chi connectivity index (χ4v) is 0.320. The van der Waals surface area contributed by atoms with Gasteiger partial charge in [0.25, 0.3) is 0 Å². The monoisotopic (exact) mass is 147 g/mol. The fraction of sp³-hybridized carbons (Fsp3) is 0.500. The smallest absolute Gasteiger partial charge is 0.436 e. The summed E-state index contributed by atoms with van der Waals surface area (Å²) >= 11 is 4.30. The van der Waals surface area contributed by atoms with Gasteiger partial charge in [0.2, 0.25) is 0 Å². The van der Waals surface area contributed by atoms with Crippen molar-refractivity contribution in [1.29, 1.82) is 0 Å². The fourth-order valence-electron chi connectivity index (χ4n) is 0.246. The molecular formula is C4H7N2O2S.